The number of aliphatic hydroxyl groups excluding tert-OH is 1. The van der Waals surface area contributed by atoms with Crippen LogP contribution in [-0.4, -0.2) is 29.1 Å². The van der Waals surface area contributed by atoms with Crippen molar-refractivity contribution in [3.05, 3.63) is 35.1 Å². The number of carbonyl (C=O) groups is 1. The van der Waals surface area contributed by atoms with Crippen molar-refractivity contribution < 1.29 is 14.3 Å². The first-order chi connectivity index (χ1) is 9.70. The molecule has 3 nitrogen and oxygen atoms in total. The number of hydrogen-bond acceptors (Lipinski definition) is 2. The summed E-state index contributed by atoms with van der Waals surface area (Å²) in [7, 11) is 0. The van der Waals surface area contributed by atoms with E-state index in [0.717, 1.165) is 12.8 Å². The number of benzene rings is 1. The Morgan fingerprint density at radius 1 is 1.35 bits per heavy atom. The van der Waals surface area contributed by atoms with Gasteiger partial charge in [-0.05, 0) is 25.0 Å². The van der Waals surface area contributed by atoms with Gasteiger partial charge in [0.25, 0.3) is 0 Å². The number of nitrogens with zero attached hydrogens (tertiary/aromatic N) is 1. The summed E-state index contributed by atoms with van der Waals surface area (Å²) in [5, 5.41) is 8.64. The summed E-state index contributed by atoms with van der Waals surface area (Å²) in [6, 6.07) is 4.81. The fraction of sp³-hybridized carbons (Fsp3) is 0.438. The van der Waals surface area contributed by atoms with Crippen molar-refractivity contribution in [1.82, 2.24) is 4.90 Å². The first kappa shape index (κ1) is 14.5. The molecular weight excluding hydrogens is 257 g/mol. The maximum Gasteiger partial charge on any atom is 0.222 e. The first-order valence-electron chi connectivity index (χ1n) is 6.86. The summed E-state index contributed by atoms with van der Waals surface area (Å²) >= 11 is 0. The minimum absolute atomic E-state index is 0.00460. The molecule has 1 aromatic rings. The van der Waals surface area contributed by atoms with Crippen molar-refractivity contribution in [3.8, 4) is 11.8 Å². The molecule has 0 aliphatic carbocycles. The zero-order valence-corrected chi connectivity index (χ0v) is 11.4. The molecule has 0 bridgehead atoms. The van der Waals surface area contributed by atoms with E-state index in [0.29, 0.717) is 37.1 Å². The van der Waals surface area contributed by atoms with Gasteiger partial charge in [0.05, 0.1) is 6.61 Å². The second kappa shape index (κ2) is 7.06. The van der Waals surface area contributed by atoms with E-state index in [1.54, 1.807) is 17.0 Å². The van der Waals surface area contributed by atoms with Crippen LogP contribution in [0.4, 0.5) is 4.39 Å². The molecule has 106 valence electrons. The third kappa shape index (κ3) is 3.82. The Morgan fingerprint density at radius 2 is 2.20 bits per heavy atom. The summed E-state index contributed by atoms with van der Waals surface area (Å²) in [5.74, 6) is 5.32. The maximum atomic E-state index is 14.0. The second-order valence-electron chi connectivity index (χ2n) is 4.85. The number of rotatable bonds is 3. The lowest BCUT2D eigenvalue weighted by Crippen LogP contribution is -2.34. The molecule has 1 aliphatic heterocycles. The zero-order valence-electron chi connectivity index (χ0n) is 11.4. The van der Waals surface area contributed by atoms with Gasteiger partial charge in [-0.1, -0.05) is 17.9 Å². The molecule has 1 fully saturated rings. The quantitative estimate of drug-likeness (QED) is 0.858. The largest absolute Gasteiger partial charge is 0.395 e. The van der Waals surface area contributed by atoms with E-state index in [-0.39, 0.29) is 18.3 Å². The second-order valence-corrected chi connectivity index (χ2v) is 4.85. The zero-order chi connectivity index (χ0) is 14.4. The molecule has 1 N–H and O–H groups in total. The third-order valence-corrected chi connectivity index (χ3v) is 3.31. The average molecular weight is 275 g/mol. The normalized spacial score (nSPS) is 14.9. The van der Waals surface area contributed by atoms with Crippen molar-refractivity contribution in [2.75, 3.05) is 13.2 Å². The van der Waals surface area contributed by atoms with Crippen molar-refractivity contribution in [2.24, 2.45) is 0 Å². The van der Waals surface area contributed by atoms with E-state index in [4.69, 9.17) is 5.11 Å². The van der Waals surface area contributed by atoms with Gasteiger partial charge in [0.15, 0.2) is 0 Å². The third-order valence-electron chi connectivity index (χ3n) is 3.31. The molecule has 1 aromatic carbocycles. The molecule has 2 rings (SSSR count). The Balaban J connectivity index is 2.06. The van der Waals surface area contributed by atoms with Crippen molar-refractivity contribution >= 4 is 5.91 Å². The Labute approximate surface area is 118 Å². The molecule has 0 unspecified atom stereocenters. The van der Waals surface area contributed by atoms with Gasteiger partial charge in [-0.25, -0.2) is 4.39 Å². The van der Waals surface area contributed by atoms with Crippen molar-refractivity contribution in [3.63, 3.8) is 0 Å². The highest BCUT2D eigenvalue weighted by molar-refractivity contribution is 5.76. The molecule has 0 aromatic heterocycles. The molecule has 1 saturated heterocycles. The Bertz CT molecular complexity index is 545. The van der Waals surface area contributed by atoms with Crippen molar-refractivity contribution in [2.45, 2.75) is 32.2 Å². The monoisotopic (exact) mass is 275 g/mol. The van der Waals surface area contributed by atoms with Gasteiger partial charge in [-0.2, -0.15) is 0 Å². The van der Waals surface area contributed by atoms with E-state index in [1.165, 1.54) is 6.07 Å². The summed E-state index contributed by atoms with van der Waals surface area (Å²) < 4.78 is 14.0. The first-order valence-corrected chi connectivity index (χ1v) is 6.86. The van der Waals surface area contributed by atoms with Crippen LogP contribution >= 0.6 is 0 Å². The predicted molar refractivity (Wildman–Crippen MR) is 74.2 cm³/mol. The van der Waals surface area contributed by atoms with E-state index in [9.17, 15) is 9.18 Å². The van der Waals surface area contributed by atoms with Crippen molar-refractivity contribution in [1.29, 1.82) is 0 Å². The lowest BCUT2D eigenvalue weighted by molar-refractivity contribution is -0.133. The van der Waals surface area contributed by atoms with Gasteiger partial charge in [-0.3, -0.25) is 4.79 Å². The van der Waals surface area contributed by atoms with Crippen LogP contribution in [0.2, 0.25) is 0 Å². The van der Waals surface area contributed by atoms with E-state index in [1.807, 2.05) is 0 Å². The Hall–Kier alpha value is -1.86. The summed E-state index contributed by atoms with van der Waals surface area (Å²) in [6.45, 7) is 1.04. The standard InChI is InChI=1S/C16H18FNO2/c17-15-11-13(5-2-4-10-19)7-8-14(15)12-18-9-3-1-6-16(18)20/h7-8,11,19H,1,3-4,6,9-10,12H2. The number of aliphatic hydroxyl groups is 1. The molecule has 0 saturated carbocycles. The van der Waals surface area contributed by atoms with Gasteiger partial charge in [-0.15, -0.1) is 0 Å². The lowest BCUT2D eigenvalue weighted by Gasteiger charge is -2.26. The molecule has 1 amide bonds. The van der Waals surface area contributed by atoms with E-state index >= 15 is 0 Å². The van der Waals surface area contributed by atoms with Crippen LogP contribution in [0.25, 0.3) is 0 Å². The summed E-state index contributed by atoms with van der Waals surface area (Å²) in [6.07, 6.45) is 2.85. The SMILES string of the molecule is O=C1CCCCN1Cc1ccc(C#CCCO)cc1F. The molecule has 1 heterocycles. The van der Waals surface area contributed by atoms with Crippen LogP contribution in [0.15, 0.2) is 18.2 Å². The van der Waals surface area contributed by atoms with Crippen LogP contribution in [0.3, 0.4) is 0 Å². The summed E-state index contributed by atoms with van der Waals surface area (Å²) in [5.41, 5.74) is 1.11. The topological polar surface area (TPSA) is 40.5 Å². The predicted octanol–water partition coefficient (Wildman–Crippen LogP) is 2.07. The minimum Gasteiger partial charge on any atom is -0.395 e. The van der Waals surface area contributed by atoms with Gasteiger partial charge >= 0.3 is 0 Å². The van der Waals surface area contributed by atoms with Gasteiger partial charge in [0.2, 0.25) is 5.91 Å². The highest BCUT2D eigenvalue weighted by Crippen LogP contribution is 2.17. The van der Waals surface area contributed by atoms with Gasteiger partial charge < -0.3 is 10.0 Å². The average Bonchev–Trinajstić information content (AvgIpc) is 2.44. The number of hydrogen-bond donors (Lipinski definition) is 1. The van der Waals surface area contributed by atoms with Gasteiger partial charge in [0, 0.05) is 37.1 Å². The number of amides is 1. The Morgan fingerprint density at radius 3 is 2.90 bits per heavy atom. The molecule has 20 heavy (non-hydrogen) atoms. The van der Waals surface area contributed by atoms with Crippen LogP contribution in [-0.2, 0) is 11.3 Å². The van der Waals surface area contributed by atoms with Crippen LogP contribution in [0, 0.1) is 17.7 Å². The Kier molecular flexibility index (Phi) is 5.14. The van der Waals surface area contributed by atoms with Crippen LogP contribution in [0.1, 0.15) is 36.8 Å². The van der Waals surface area contributed by atoms with Crippen LogP contribution < -0.4 is 0 Å². The molecule has 4 heteroatoms. The minimum atomic E-state index is -0.334. The molecular formula is C16H18FNO2. The van der Waals surface area contributed by atoms with E-state index in [2.05, 4.69) is 11.8 Å². The molecule has 0 spiro atoms. The van der Waals surface area contributed by atoms with Crippen LogP contribution in [0.5, 0.6) is 0 Å². The highest BCUT2D eigenvalue weighted by Gasteiger charge is 2.19. The number of halogens is 1. The number of piperidine rings is 1. The smallest absolute Gasteiger partial charge is 0.222 e. The lowest BCUT2D eigenvalue weighted by atomic mass is 10.1. The van der Waals surface area contributed by atoms with Gasteiger partial charge in [0.1, 0.15) is 5.82 Å². The fourth-order valence-electron chi connectivity index (χ4n) is 2.21. The maximum absolute atomic E-state index is 14.0. The number of likely N-dealkylation sites (tertiary alicyclic amines) is 1. The number of carbonyl (C=O) groups excluding carboxylic acids is 1. The fourth-order valence-corrected chi connectivity index (χ4v) is 2.21. The van der Waals surface area contributed by atoms with E-state index < -0.39 is 0 Å². The molecule has 0 atom stereocenters. The molecule has 0 radical (unpaired) electrons. The highest BCUT2D eigenvalue weighted by atomic mass is 19.1. The molecule has 1 aliphatic rings. The summed E-state index contributed by atoms with van der Waals surface area (Å²) in [4.78, 5) is 13.4.